The molecule has 0 saturated carbocycles. The fourth-order valence-electron chi connectivity index (χ4n) is 6.10. The Hall–Kier alpha value is -3.98. The summed E-state index contributed by atoms with van der Waals surface area (Å²) < 4.78 is 1.99. The van der Waals surface area contributed by atoms with E-state index >= 15 is 0 Å². The van der Waals surface area contributed by atoms with Crippen molar-refractivity contribution in [3.8, 4) is 11.3 Å². The molecule has 9 nitrogen and oxygen atoms in total. The van der Waals surface area contributed by atoms with E-state index in [4.69, 9.17) is 9.97 Å². The van der Waals surface area contributed by atoms with E-state index in [-0.39, 0.29) is 5.91 Å². The van der Waals surface area contributed by atoms with E-state index in [0.29, 0.717) is 29.7 Å². The maximum Gasteiger partial charge on any atom is 0.254 e. The lowest BCUT2D eigenvalue weighted by molar-refractivity contribution is 0.0966. The molecule has 188 valence electrons. The van der Waals surface area contributed by atoms with Gasteiger partial charge >= 0.3 is 0 Å². The van der Waals surface area contributed by atoms with E-state index in [9.17, 15) is 4.79 Å². The Bertz CT molecular complexity index is 1510. The third kappa shape index (κ3) is 3.81. The minimum absolute atomic E-state index is 0.0938. The number of nitrogens with zero attached hydrogens (tertiary/aromatic N) is 6. The third-order valence-electron chi connectivity index (χ3n) is 8.00. The molecule has 4 aromatic heterocycles. The smallest absolute Gasteiger partial charge is 0.254 e. The van der Waals surface area contributed by atoms with Gasteiger partial charge in [-0.15, -0.1) is 0 Å². The summed E-state index contributed by atoms with van der Waals surface area (Å²) in [4.78, 5) is 32.2. The Balaban J connectivity index is 1.19. The van der Waals surface area contributed by atoms with Crippen molar-refractivity contribution in [2.24, 2.45) is 7.05 Å². The van der Waals surface area contributed by atoms with Crippen LogP contribution in [0.25, 0.3) is 22.3 Å². The molecule has 0 bridgehead atoms. The summed E-state index contributed by atoms with van der Waals surface area (Å²) in [5.41, 5.74) is 4.88. The van der Waals surface area contributed by atoms with Gasteiger partial charge in [0.2, 0.25) is 0 Å². The molecule has 1 amide bonds. The van der Waals surface area contributed by atoms with Crippen molar-refractivity contribution < 1.29 is 4.79 Å². The second kappa shape index (κ2) is 8.85. The molecule has 7 heterocycles. The Labute approximate surface area is 215 Å². The summed E-state index contributed by atoms with van der Waals surface area (Å²) in [5.74, 6) is 1.59. The van der Waals surface area contributed by atoms with Gasteiger partial charge in [0.15, 0.2) is 0 Å². The fraction of sp³-hybridized carbons (Fsp3) is 0.357. The van der Waals surface area contributed by atoms with Crippen molar-refractivity contribution in [1.82, 2.24) is 29.7 Å². The van der Waals surface area contributed by atoms with Crippen LogP contribution < -0.4 is 15.5 Å². The minimum Gasteiger partial charge on any atom is -0.355 e. The normalized spacial score (nSPS) is 19.5. The van der Waals surface area contributed by atoms with Crippen LogP contribution in [0.4, 0.5) is 17.3 Å². The van der Waals surface area contributed by atoms with Crippen LogP contribution >= 0.6 is 0 Å². The van der Waals surface area contributed by atoms with Crippen LogP contribution in [0.2, 0.25) is 0 Å². The largest absolute Gasteiger partial charge is 0.355 e. The van der Waals surface area contributed by atoms with Crippen molar-refractivity contribution in [1.29, 1.82) is 0 Å². The number of rotatable bonds is 5. The standard InChI is InChI=1S/C28H30N8O/c1-34-13-9-20-19(7-10-29-27(20)34)26-21-15-31-28(37)25(21)22(16-30-26)32-23-5-4-6-24(33-23)36-14-8-18(17-36)35-11-2-3-12-35/h4-7,9-10,13,16,18H,2-3,8,11-12,14-15,17H2,1H3,(H,31,37)(H,32,33)/t18-/m1/s1. The van der Waals surface area contributed by atoms with Gasteiger partial charge in [-0.3, -0.25) is 14.7 Å². The van der Waals surface area contributed by atoms with Crippen LogP contribution in [0.15, 0.2) is 48.9 Å². The van der Waals surface area contributed by atoms with Gasteiger partial charge in [0.05, 0.1) is 23.1 Å². The number of likely N-dealkylation sites (tertiary alicyclic amines) is 1. The lowest BCUT2D eigenvalue weighted by Crippen LogP contribution is -2.35. The van der Waals surface area contributed by atoms with Crippen LogP contribution in [0, 0.1) is 0 Å². The Morgan fingerprint density at radius 3 is 2.86 bits per heavy atom. The molecule has 0 unspecified atom stereocenters. The highest BCUT2D eigenvalue weighted by molar-refractivity contribution is 6.06. The summed E-state index contributed by atoms with van der Waals surface area (Å²) in [6.07, 6.45) is 9.35. The van der Waals surface area contributed by atoms with Crippen LogP contribution in [0.5, 0.6) is 0 Å². The van der Waals surface area contributed by atoms with Crippen molar-refractivity contribution >= 4 is 34.3 Å². The first-order chi connectivity index (χ1) is 18.2. The van der Waals surface area contributed by atoms with Crippen LogP contribution in [0.1, 0.15) is 35.2 Å². The van der Waals surface area contributed by atoms with Crippen LogP contribution in [-0.2, 0) is 13.6 Å². The van der Waals surface area contributed by atoms with Gasteiger partial charge in [0, 0.05) is 61.6 Å². The van der Waals surface area contributed by atoms with Crippen molar-refractivity contribution in [2.75, 3.05) is 36.4 Å². The zero-order valence-electron chi connectivity index (χ0n) is 20.9. The highest BCUT2D eigenvalue weighted by Crippen LogP contribution is 2.36. The number of aryl methyl sites for hydroxylation is 1. The molecular weight excluding hydrogens is 464 g/mol. The highest BCUT2D eigenvalue weighted by Gasteiger charge is 2.31. The zero-order chi connectivity index (χ0) is 24.9. The van der Waals surface area contributed by atoms with E-state index in [1.807, 2.05) is 42.1 Å². The van der Waals surface area contributed by atoms with Gasteiger partial charge in [0.25, 0.3) is 5.91 Å². The minimum atomic E-state index is -0.0938. The van der Waals surface area contributed by atoms with Gasteiger partial charge in [-0.1, -0.05) is 6.07 Å². The summed E-state index contributed by atoms with van der Waals surface area (Å²) in [6.45, 7) is 4.93. The second-order valence-electron chi connectivity index (χ2n) is 10.2. The quantitative estimate of drug-likeness (QED) is 0.437. The number of carbonyl (C=O) groups is 1. The van der Waals surface area contributed by atoms with Gasteiger partial charge in [-0.25, -0.2) is 9.97 Å². The van der Waals surface area contributed by atoms with E-state index in [2.05, 4.69) is 31.5 Å². The predicted molar refractivity (Wildman–Crippen MR) is 144 cm³/mol. The molecule has 3 aliphatic rings. The molecule has 9 heteroatoms. The molecule has 0 spiro atoms. The molecule has 37 heavy (non-hydrogen) atoms. The zero-order valence-corrected chi connectivity index (χ0v) is 20.9. The highest BCUT2D eigenvalue weighted by atomic mass is 16.1. The first kappa shape index (κ1) is 22.2. The lowest BCUT2D eigenvalue weighted by atomic mass is 10.0. The number of pyridine rings is 3. The molecule has 4 aromatic rings. The van der Waals surface area contributed by atoms with Gasteiger partial charge in [-0.2, -0.15) is 0 Å². The molecule has 3 aliphatic heterocycles. The topological polar surface area (TPSA) is 91.2 Å². The monoisotopic (exact) mass is 494 g/mol. The van der Waals surface area contributed by atoms with E-state index in [0.717, 1.165) is 46.8 Å². The number of hydrogen-bond acceptors (Lipinski definition) is 7. The van der Waals surface area contributed by atoms with Crippen molar-refractivity contribution in [2.45, 2.75) is 31.8 Å². The first-order valence-corrected chi connectivity index (χ1v) is 13.1. The van der Waals surface area contributed by atoms with Gasteiger partial charge < -0.3 is 20.1 Å². The number of fused-ring (bicyclic) bond motifs is 2. The maximum absolute atomic E-state index is 12.9. The Morgan fingerprint density at radius 2 is 1.97 bits per heavy atom. The van der Waals surface area contributed by atoms with E-state index in [1.165, 1.54) is 32.4 Å². The summed E-state index contributed by atoms with van der Waals surface area (Å²) in [7, 11) is 1.98. The van der Waals surface area contributed by atoms with Crippen molar-refractivity contribution in [3.63, 3.8) is 0 Å². The Kier molecular flexibility index (Phi) is 5.32. The van der Waals surface area contributed by atoms with E-state index in [1.54, 1.807) is 12.4 Å². The Morgan fingerprint density at radius 1 is 1.08 bits per heavy atom. The summed E-state index contributed by atoms with van der Waals surface area (Å²) in [5, 5.41) is 7.41. The molecule has 7 rings (SSSR count). The van der Waals surface area contributed by atoms with Crippen LogP contribution in [-0.4, -0.2) is 62.5 Å². The maximum atomic E-state index is 12.9. The predicted octanol–water partition coefficient (Wildman–Crippen LogP) is 3.69. The molecule has 0 radical (unpaired) electrons. The first-order valence-electron chi connectivity index (χ1n) is 13.1. The van der Waals surface area contributed by atoms with E-state index < -0.39 is 0 Å². The molecule has 1 atom stereocenters. The second-order valence-corrected chi connectivity index (χ2v) is 10.2. The van der Waals surface area contributed by atoms with Crippen molar-refractivity contribution in [3.05, 3.63) is 60.0 Å². The SMILES string of the molecule is Cn1ccc2c(-c3ncc(Nc4cccc(N5CC[C@@H](N6CCCC6)C5)n4)c4c3CNC4=O)ccnc21. The number of anilines is 3. The van der Waals surface area contributed by atoms with Crippen LogP contribution in [0.3, 0.4) is 0 Å². The molecule has 2 fully saturated rings. The van der Waals surface area contributed by atoms with Gasteiger partial charge in [-0.05, 0) is 56.6 Å². The molecule has 0 aliphatic carbocycles. The number of nitrogens with one attached hydrogen (secondary N) is 2. The summed E-state index contributed by atoms with van der Waals surface area (Å²) in [6, 6.07) is 10.7. The molecular formula is C28H30N8O. The molecule has 2 N–H and O–H groups in total. The molecule has 0 aromatic carbocycles. The fourth-order valence-corrected chi connectivity index (χ4v) is 6.10. The van der Waals surface area contributed by atoms with Gasteiger partial charge in [0.1, 0.15) is 17.3 Å². The molecule has 2 saturated heterocycles. The lowest BCUT2D eigenvalue weighted by Gasteiger charge is -2.24. The number of carbonyl (C=O) groups excluding carboxylic acids is 1. The average molecular weight is 495 g/mol. The number of hydrogen-bond donors (Lipinski definition) is 2. The number of amides is 1. The third-order valence-corrected chi connectivity index (χ3v) is 8.00. The number of aromatic nitrogens is 4. The summed E-state index contributed by atoms with van der Waals surface area (Å²) >= 11 is 0. The average Bonchev–Trinajstić information content (AvgIpc) is 3.72.